The Labute approximate surface area is 120 Å². The van der Waals surface area contributed by atoms with Gasteiger partial charge in [-0.05, 0) is 26.0 Å². The summed E-state index contributed by atoms with van der Waals surface area (Å²) >= 11 is 0. The van der Waals surface area contributed by atoms with E-state index in [1.54, 1.807) is 7.11 Å². The van der Waals surface area contributed by atoms with E-state index in [1.807, 2.05) is 38.1 Å². The Kier molecular flexibility index (Phi) is 7.50. The van der Waals surface area contributed by atoms with Crippen molar-refractivity contribution in [3.05, 3.63) is 24.3 Å². The van der Waals surface area contributed by atoms with Crippen LogP contribution in [0.4, 0.5) is 5.69 Å². The van der Waals surface area contributed by atoms with Gasteiger partial charge in [0.1, 0.15) is 5.75 Å². The predicted molar refractivity (Wildman–Crippen MR) is 80.2 cm³/mol. The van der Waals surface area contributed by atoms with E-state index >= 15 is 0 Å². The molecule has 112 valence electrons. The van der Waals surface area contributed by atoms with Crippen molar-refractivity contribution in [3.8, 4) is 5.75 Å². The molecule has 0 aromatic heterocycles. The van der Waals surface area contributed by atoms with Crippen molar-refractivity contribution in [2.45, 2.75) is 26.4 Å². The van der Waals surface area contributed by atoms with E-state index in [1.165, 1.54) is 0 Å². The second-order valence-electron chi connectivity index (χ2n) is 4.68. The normalized spacial score (nSPS) is 10.4. The summed E-state index contributed by atoms with van der Waals surface area (Å²) in [6.45, 7) is 5.62. The van der Waals surface area contributed by atoms with Gasteiger partial charge in [0.15, 0.2) is 0 Å². The van der Waals surface area contributed by atoms with E-state index in [-0.39, 0.29) is 12.0 Å². The number of hydrogen-bond donors (Lipinski definition) is 2. The number of ether oxygens (including phenoxy) is 2. The molecule has 0 spiro atoms. The second-order valence-corrected chi connectivity index (χ2v) is 4.68. The van der Waals surface area contributed by atoms with Crippen LogP contribution in [-0.4, -0.2) is 38.8 Å². The molecule has 5 nitrogen and oxygen atoms in total. The molecule has 1 aromatic rings. The number of benzene rings is 1. The molecular weight excluding hydrogens is 256 g/mol. The largest absolute Gasteiger partial charge is 0.489 e. The highest BCUT2D eigenvalue weighted by molar-refractivity contribution is 5.76. The Bertz CT molecular complexity index is 408. The topological polar surface area (TPSA) is 59.6 Å². The number of carbonyl (C=O) groups excluding carboxylic acids is 1. The molecule has 0 heterocycles. The molecule has 1 rings (SSSR count). The summed E-state index contributed by atoms with van der Waals surface area (Å²) in [6.07, 6.45) is 0.537. The van der Waals surface area contributed by atoms with Crippen molar-refractivity contribution in [2.75, 3.05) is 32.1 Å². The van der Waals surface area contributed by atoms with Crippen LogP contribution < -0.4 is 15.4 Å². The van der Waals surface area contributed by atoms with Gasteiger partial charge in [-0.3, -0.25) is 4.79 Å². The first-order valence-electron chi connectivity index (χ1n) is 6.88. The lowest BCUT2D eigenvalue weighted by Gasteiger charge is -2.15. The fourth-order valence-electron chi connectivity index (χ4n) is 1.66. The number of anilines is 1. The molecule has 0 unspecified atom stereocenters. The van der Waals surface area contributed by atoms with E-state index in [9.17, 15) is 4.79 Å². The number of carbonyl (C=O) groups is 1. The zero-order valence-electron chi connectivity index (χ0n) is 12.4. The maximum atomic E-state index is 11.5. The van der Waals surface area contributed by atoms with Gasteiger partial charge in [-0.1, -0.05) is 12.1 Å². The van der Waals surface area contributed by atoms with Crippen molar-refractivity contribution in [3.63, 3.8) is 0 Å². The van der Waals surface area contributed by atoms with Crippen LogP contribution >= 0.6 is 0 Å². The summed E-state index contributed by atoms with van der Waals surface area (Å²) in [7, 11) is 1.61. The van der Waals surface area contributed by atoms with Crippen LogP contribution in [0.2, 0.25) is 0 Å². The first kappa shape index (κ1) is 16.3. The number of amides is 1. The number of hydrogen-bond acceptors (Lipinski definition) is 4. The fourth-order valence-corrected chi connectivity index (χ4v) is 1.66. The van der Waals surface area contributed by atoms with E-state index in [2.05, 4.69) is 10.6 Å². The molecule has 0 atom stereocenters. The van der Waals surface area contributed by atoms with Gasteiger partial charge in [-0.25, -0.2) is 0 Å². The number of para-hydroxylation sites is 2. The summed E-state index contributed by atoms with van der Waals surface area (Å²) in [4.78, 5) is 11.5. The first-order valence-corrected chi connectivity index (χ1v) is 6.88. The summed E-state index contributed by atoms with van der Waals surface area (Å²) in [6, 6.07) is 7.73. The van der Waals surface area contributed by atoms with Crippen LogP contribution in [0.25, 0.3) is 0 Å². The Hall–Kier alpha value is -1.75. The van der Waals surface area contributed by atoms with E-state index in [0.717, 1.165) is 11.4 Å². The molecule has 1 aromatic carbocycles. The average molecular weight is 280 g/mol. The van der Waals surface area contributed by atoms with Crippen molar-refractivity contribution in [2.24, 2.45) is 0 Å². The Morgan fingerprint density at radius 3 is 2.70 bits per heavy atom. The number of nitrogens with one attached hydrogen (secondary N) is 2. The maximum Gasteiger partial charge on any atom is 0.221 e. The zero-order chi connectivity index (χ0) is 14.8. The molecule has 5 heteroatoms. The van der Waals surface area contributed by atoms with Gasteiger partial charge in [0.25, 0.3) is 0 Å². The minimum Gasteiger partial charge on any atom is -0.489 e. The Morgan fingerprint density at radius 1 is 1.25 bits per heavy atom. The molecule has 2 N–H and O–H groups in total. The SMILES string of the molecule is COCCNC(=O)CCNc1ccccc1OC(C)C. The van der Waals surface area contributed by atoms with Crippen molar-refractivity contribution in [1.82, 2.24) is 5.32 Å². The van der Waals surface area contributed by atoms with Gasteiger partial charge in [-0.15, -0.1) is 0 Å². The van der Waals surface area contributed by atoms with E-state index in [0.29, 0.717) is 26.1 Å². The third-order valence-corrected chi connectivity index (χ3v) is 2.55. The highest BCUT2D eigenvalue weighted by Crippen LogP contribution is 2.24. The van der Waals surface area contributed by atoms with Gasteiger partial charge in [-0.2, -0.15) is 0 Å². The zero-order valence-corrected chi connectivity index (χ0v) is 12.4. The summed E-state index contributed by atoms with van der Waals surface area (Å²) in [5, 5.41) is 6.00. The monoisotopic (exact) mass is 280 g/mol. The predicted octanol–water partition coefficient (Wildman–Crippen LogP) is 2.04. The quantitative estimate of drug-likeness (QED) is 0.680. The van der Waals surface area contributed by atoms with Crippen LogP contribution in [-0.2, 0) is 9.53 Å². The maximum absolute atomic E-state index is 11.5. The minimum atomic E-state index is 0.0109. The van der Waals surface area contributed by atoms with E-state index in [4.69, 9.17) is 9.47 Å². The molecule has 0 aliphatic heterocycles. The van der Waals surface area contributed by atoms with Gasteiger partial charge in [0, 0.05) is 26.6 Å². The second kappa shape index (κ2) is 9.20. The van der Waals surface area contributed by atoms with E-state index < -0.39 is 0 Å². The third kappa shape index (κ3) is 6.43. The minimum absolute atomic E-state index is 0.0109. The molecule has 20 heavy (non-hydrogen) atoms. The van der Waals surface area contributed by atoms with Crippen LogP contribution in [0.5, 0.6) is 5.75 Å². The average Bonchev–Trinajstić information content (AvgIpc) is 2.40. The lowest BCUT2D eigenvalue weighted by molar-refractivity contribution is -0.121. The molecule has 0 radical (unpaired) electrons. The molecule has 0 bridgehead atoms. The van der Waals surface area contributed by atoms with Gasteiger partial charge in [0.2, 0.25) is 5.91 Å². The molecule has 0 saturated carbocycles. The lowest BCUT2D eigenvalue weighted by atomic mass is 10.2. The van der Waals surface area contributed by atoms with Gasteiger partial charge < -0.3 is 20.1 Å². The van der Waals surface area contributed by atoms with Crippen molar-refractivity contribution in [1.29, 1.82) is 0 Å². The third-order valence-electron chi connectivity index (χ3n) is 2.55. The molecule has 0 aliphatic carbocycles. The van der Waals surface area contributed by atoms with Crippen LogP contribution in [0.1, 0.15) is 20.3 Å². The highest BCUT2D eigenvalue weighted by Gasteiger charge is 2.05. The van der Waals surface area contributed by atoms with Crippen LogP contribution in [0.3, 0.4) is 0 Å². The van der Waals surface area contributed by atoms with Gasteiger partial charge >= 0.3 is 0 Å². The first-order chi connectivity index (χ1) is 9.63. The fraction of sp³-hybridized carbons (Fsp3) is 0.533. The Morgan fingerprint density at radius 2 is 2.00 bits per heavy atom. The summed E-state index contributed by atoms with van der Waals surface area (Å²) in [5.41, 5.74) is 0.908. The lowest BCUT2D eigenvalue weighted by Crippen LogP contribution is -2.28. The molecule has 0 aliphatic rings. The molecule has 1 amide bonds. The molecular formula is C15H24N2O3. The summed E-state index contributed by atoms with van der Waals surface area (Å²) < 4.78 is 10.6. The smallest absolute Gasteiger partial charge is 0.221 e. The Balaban J connectivity index is 2.36. The highest BCUT2D eigenvalue weighted by atomic mass is 16.5. The standard InChI is InChI=1S/C15H24N2O3/c1-12(2)20-14-7-5-4-6-13(14)16-9-8-15(18)17-10-11-19-3/h4-7,12,16H,8-11H2,1-3H3,(H,17,18). The van der Waals surface area contributed by atoms with Crippen LogP contribution in [0.15, 0.2) is 24.3 Å². The number of rotatable bonds is 9. The van der Waals surface area contributed by atoms with Gasteiger partial charge in [0.05, 0.1) is 18.4 Å². The van der Waals surface area contributed by atoms with Crippen LogP contribution in [0, 0.1) is 0 Å². The van der Waals surface area contributed by atoms with Crippen molar-refractivity contribution >= 4 is 11.6 Å². The molecule has 0 fully saturated rings. The summed E-state index contributed by atoms with van der Waals surface area (Å²) in [5.74, 6) is 0.819. The number of methoxy groups -OCH3 is 1. The van der Waals surface area contributed by atoms with Crippen molar-refractivity contribution < 1.29 is 14.3 Å². The molecule has 0 saturated heterocycles.